The van der Waals surface area contributed by atoms with Gasteiger partial charge in [0, 0.05) is 37.7 Å². The van der Waals surface area contributed by atoms with Crippen molar-refractivity contribution in [1.29, 1.82) is 0 Å². The number of carbonyl (C=O) groups is 1. The predicted molar refractivity (Wildman–Crippen MR) is 112 cm³/mol. The van der Waals surface area contributed by atoms with Crippen molar-refractivity contribution >= 4 is 27.5 Å². The molecule has 1 N–H and O–H groups in total. The Hall–Kier alpha value is -1.19. The molecule has 1 unspecified atom stereocenters. The standard InChI is InChI=1S/C20H30ClN3O4S/c21-18-5-7-19(8-6-18)29(26,27)24-11-3-4-17(16-24)20(25)22-9-1-2-10-23-12-14-28-15-13-23/h5-8,17H,1-4,9-16H2,(H,22,25). The Morgan fingerprint density at radius 3 is 2.59 bits per heavy atom. The number of ether oxygens (including phenoxy) is 1. The van der Waals surface area contributed by atoms with Gasteiger partial charge in [0.25, 0.3) is 0 Å². The lowest BCUT2D eigenvalue weighted by atomic mass is 9.99. The van der Waals surface area contributed by atoms with Crippen LogP contribution in [-0.2, 0) is 19.6 Å². The van der Waals surface area contributed by atoms with E-state index in [1.165, 1.54) is 16.4 Å². The number of unbranched alkanes of at least 4 members (excludes halogenated alkanes) is 1. The molecule has 0 radical (unpaired) electrons. The molecule has 2 aliphatic rings. The van der Waals surface area contributed by atoms with E-state index in [0.29, 0.717) is 31.0 Å². The second-order valence-electron chi connectivity index (χ2n) is 7.61. The molecule has 7 nitrogen and oxygen atoms in total. The molecular formula is C20H30ClN3O4S. The molecule has 2 fully saturated rings. The minimum Gasteiger partial charge on any atom is -0.379 e. The third kappa shape index (κ3) is 6.39. The first-order valence-corrected chi connectivity index (χ1v) is 12.1. The van der Waals surface area contributed by atoms with Crippen molar-refractivity contribution in [1.82, 2.24) is 14.5 Å². The normalized spacial score (nSPS) is 21.8. The van der Waals surface area contributed by atoms with E-state index < -0.39 is 10.0 Å². The first kappa shape index (κ1) is 22.5. The van der Waals surface area contributed by atoms with Gasteiger partial charge in [-0.25, -0.2) is 8.42 Å². The maximum atomic E-state index is 12.9. The molecule has 0 aromatic heterocycles. The number of hydrogen-bond acceptors (Lipinski definition) is 5. The highest BCUT2D eigenvalue weighted by Crippen LogP contribution is 2.24. The molecule has 0 aliphatic carbocycles. The van der Waals surface area contributed by atoms with Gasteiger partial charge in [-0.15, -0.1) is 0 Å². The molecule has 0 bridgehead atoms. The van der Waals surface area contributed by atoms with E-state index in [1.807, 2.05) is 0 Å². The summed E-state index contributed by atoms with van der Waals surface area (Å²) in [6.45, 7) is 5.87. The molecule has 2 aliphatic heterocycles. The highest BCUT2D eigenvalue weighted by atomic mass is 35.5. The van der Waals surface area contributed by atoms with Crippen molar-refractivity contribution < 1.29 is 17.9 Å². The lowest BCUT2D eigenvalue weighted by Gasteiger charge is -2.31. The van der Waals surface area contributed by atoms with Crippen LogP contribution in [0.3, 0.4) is 0 Å². The highest BCUT2D eigenvalue weighted by Gasteiger charge is 2.33. The van der Waals surface area contributed by atoms with Crippen LogP contribution >= 0.6 is 11.6 Å². The number of hydrogen-bond donors (Lipinski definition) is 1. The number of sulfonamides is 1. The van der Waals surface area contributed by atoms with E-state index in [0.717, 1.165) is 45.7 Å². The minimum atomic E-state index is -3.61. The van der Waals surface area contributed by atoms with Gasteiger partial charge in [0.05, 0.1) is 24.0 Å². The Labute approximate surface area is 178 Å². The van der Waals surface area contributed by atoms with Crippen LogP contribution in [0.25, 0.3) is 0 Å². The topological polar surface area (TPSA) is 79.0 Å². The molecular weight excluding hydrogens is 414 g/mol. The third-order valence-electron chi connectivity index (χ3n) is 5.51. The second-order valence-corrected chi connectivity index (χ2v) is 9.98. The number of rotatable bonds is 8. The van der Waals surface area contributed by atoms with Crippen molar-refractivity contribution in [3.8, 4) is 0 Å². The van der Waals surface area contributed by atoms with Crippen LogP contribution in [0.4, 0.5) is 0 Å². The van der Waals surface area contributed by atoms with Crippen LogP contribution in [0, 0.1) is 5.92 Å². The maximum absolute atomic E-state index is 12.9. The van der Waals surface area contributed by atoms with Gasteiger partial charge >= 0.3 is 0 Å². The van der Waals surface area contributed by atoms with Crippen LogP contribution in [0.15, 0.2) is 29.2 Å². The van der Waals surface area contributed by atoms with Crippen LogP contribution < -0.4 is 5.32 Å². The third-order valence-corrected chi connectivity index (χ3v) is 7.64. The summed E-state index contributed by atoms with van der Waals surface area (Å²) >= 11 is 5.86. The van der Waals surface area contributed by atoms with E-state index in [4.69, 9.17) is 16.3 Å². The van der Waals surface area contributed by atoms with Crippen LogP contribution in [-0.4, -0.2) is 76.0 Å². The molecule has 1 atom stereocenters. The quantitative estimate of drug-likeness (QED) is 0.621. The van der Waals surface area contributed by atoms with Gasteiger partial charge in [0.1, 0.15) is 0 Å². The number of carbonyl (C=O) groups excluding carboxylic acids is 1. The molecule has 9 heteroatoms. The van der Waals surface area contributed by atoms with Crippen molar-refractivity contribution in [2.45, 2.75) is 30.6 Å². The van der Waals surface area contributed by atoms with Gasteiger partial charge < -0.3 is 10.1 Å². The minimum absolute atomic E-state index is 0.0487. The van der Waals surface area contributed by atoms with Crippen LogP contribution in [0.5, 0.6) is 0 Å². The Morgan fingerprint density at radius 2 is 1.86 bits per heavy atom. The van der Waals surface area contributed by atoms with Gasteiger partial charge in [-0.3, -0.25) is 9.69 Å². The number of benzene rings is 1. The number of halogens is 1. The molecule has 1 aromatic rings. The van der Waals surface area contributed by atoms with Gasteiger partial charge in [-0.1, -0.05) is 11.6 Å². The predicted octanol–water partition coefficient (Wildman–Crippen LogP) is 1.97. The van der Waals surface area contributed by atoms with Gasteiger partial charge in [0.2, 0.25) is 15.9 Å². The first-order chi connectivity index (χ1) is 14.0. The average Bonchev–Trinajstić information content (AvgIpc) is 2.74. The number of nitrogens with zero attached hydrogens (tertiary/aromatic N) is 2. The van der Waals surface area contributed by atoms with Crippen LogP contribution in [0.2, 0.25) is 5.02 Å². The summed E-state index contributed by atoms with van der Waals surface area (Å²) in [7, 11) is -3.61. The van der Waals surface area contributed by atoms with Crippen molar-refractivity contribution in [2.75, 3.05) is 52.5 Å². The smallest absolute Gasteiger partial charge is 0.243 e. The van der Waals surface area contributed by atoms with Crippen LogP contribution in [0.1, 0.15) is 25.7 Å². The fraction of sp³-hybridized carbons (Fsp3) is 0.650. The van der Waals surface area contributed by atoms with E-state index >= 15 is 0 Å². The van der Waals surface area contributed by atoms with E-state index in [-0.39, 0.29) is 23.3 Å². The van der Waals surface area contributed by atoms with Gasteiger partial charge in [-0.2, -0.15) is 4.31 Å². The number of amides is 1. The zero-order chi connectivity index (χ0) is 20.7. The molecule has 1 amide bonds. The lowest BCUT2D eigenvalue weighted by molar-refractivity contribution is -0.126. The zero-order valence-electron chi connectivity index (χ0n) is 16.7. The Bertz CT molecular complexity index is 766. The van der Waals surface area contributed by atoms with Crippen molar-refractivity contribution in [3.63, 3.8) is 0 Å². The summed E-state index contributed by atoms with van der Waals surface area (Å²) in [4.78, 5) is 15.1. The summed E-state index contributed by atoms with van der Waals surface area (Å²) in [5, 5.41) is 3.48. The number of piperidine rings is 1. The monoisotopic (exact) mass is 443 g/mol. The summed E-state index contributed by atoms with van der Waals surface area (Å²) in [6.07, 6.45) is 3.35. The second kappa shape index (κ2) is 10.7. The van der Waals surface area contributed by atoms with E-state index in [1.54, 1.807) is 12.1 Å². The maximum Gasteiger partial charge on any atom is 0.243 e. The van der Waals surface area contributed by atoms with Crippen molar-refractivity contribution in [2.24, 2.45) is 5.92 Å². The molecule has 2 saturated heterocycles. The summed E-state index contributed by atoms with van der Waals surface area (Å²) in [5.41, 5.74) is 0. The molecule has 29 heavy (non-hydrogen) atoms. The Kier molecular flexibility index (Phi) is 8.32. The summed E-state index contributed by atoms with van der Waals surface area (Å²) in [5.74, 6) is -0.350. The number of nitrogens with one attached hydrogen (secondary N) is 1. The molecule has 162 valence electrons. The van der Waals surface area contributed by atoms with E-state index in [2.05, 4.69) is 10.2 Å². The molecule has 0 spiro atoms. The fourth-order valence-electron chi connectivity index (χ4n) is 3.77. The lowest BCUT2D eigenvalue weighted by Crippen LogP contribution is -2.45. The van der Waals surface area contributed by atoms with E-state index in [9.17, 15) is 13.2 Å². The molecule has 1 aromatic carbocycles. The summed E-state index contributed by atoms with van der Waals surface area (Å²) < 4.78 is 32.5. The fourth-order valence-corrected chi connectivity index (χ4v) is 5.42. The Morgan fingerprint density at radius 1 is 1.14 bits per heavy atom. The van der Waals surface area contributed by atoms with Gasteiger partial charge in [0.15, 0.2) is 0 Å². The largest absolute Gasteiger partial charge is 0.379 e. The zero-order valence-corrected chi connectivity index (χ0v) is 18.3. The van der Waals surface area contributed by atoms with Gasteiger partial charge in [-0.05, 0) is 56.5 Å². The van der Waals surface area contributed by atoms with Crippen molar-refractivity contribution in [3.05, 3.63) is 29.3 Å². The average molecular weight is 444 g/mol. The molecule has 2 heterocycles. The first-order valence-electron chi connectivity index (χ1n) is 10.3. The Balaban J connectivity index is 1.43. The number of morpholine rings is 1. The SMILES string of the molecule is O=C(NCCCCN1CCOCC1)C1CCCN(S(=O)(=O)c2ccc(Cl)cc2)C1. The molecule has 0 saturated carbocycles. The highest BCUT2D eigenvalue weighted by molar-refractivity contribution is 7.89. The molecule has 3 rings (SSSR count). The summed E-state index contributed by atoms with van der Waals surface area (Å²) in [6, 6.07) is 6.16.